The number of hydrogen-bond acceptors (Lipinski definition) is 3. The highest BCUT2D eigenvalue weighted by Crippen LogP contribution is 2.37. The quantitative estimate of drug-likeness (QED) is 0.907. The SMILES string of the molecule is CCC1CN(C(=O)C(F)(F)F)c2ccc(CN)cc2O1. The van der Waals surface area contributed by atoms with Gasteiger partial charge in [0.25, 0.3) is 0 Å². The number of fused-ring (bicyclic) bond motifs is 1. The Bertz CT molecular complexity index is 517. The Kier molecular flexibility index (Phi) is 3.89. The van der Waals surface area contributed by atoms with Gasteiger partial charge >= 0.3 is 12.1 Å². The van der Waals surface area contributed by atoms with E-state index in [9.17, 15) is 18.0 Å². The minimum atomic E-state index is -4.90. The van der Waals surface area contributed by atoms with Gasteiger partial charge in [-0.15, -0.1) is 0 Å². The molecule has 1 amide bonds. The number of anilines is 1. The molecule has 0 saturated heterocycles. The Labute approximate surface area is 114 Å². The molecule has 0 saturated carbocycles. The predicted molar refractivity (Wildman–Crippen MR) is 67.4 cm³/mol. The number of hydrogen-bond donors (Lipinski definition) is 1. The average Bonchev–Trinajstić information content (AvgIpc) is 2.43. The first-order valence-corrected chi connectivity index (χ1v) is 6.25. The molecule has 1 aromatic rings. The van der Waals surface area contributed by atoms with Crippen LogP contribution in [0.5, 0.6) is 5.75 Å². The number of carbonyl (C=O) groups excluding carboxylic acids is 1. The van der Waals surface area contributed by atoms with Gasteiger partial charge in [0, 0.05) is 6.54 Å². The number of nitrogens with zero attached hydrogens (tertiary/aromatic N) is 1. The average molecular weight is 288 g/mol. The van der Waals surface area contributed by atoms with Crippen LogP contribution in [0.3, 0.4) is 0 Å². The summed E-state index contributed by atoms with van der Waals surface area (Å²) in [5, 5.41) is 0. The van der Waals surface area contributed by atoms with E-state index in [2.05, 4.69) is 0 Å². The fourth-order valence-corrected chi connectivity index (χ4v) is 2.08. The fourth-order valence-electron chi connectivity index (χ4n) is 2.08. The van der Waals surface area contributed by atoms with Gasteiger partial charge in [-0.1, -0.05) is 13.0 Å². The summed E-state index contributed by atoms with van der Waals surface area (Å²) in [6, 6.07) is 4.60. The number of halogens is 3. The van der Waals surface area contributed by atoms with Gasteiger partial charge < -0.3 is 10.5 Å². The van der Waals surface area contributed by atoms with Crippen molar-refractivity contribution >= 4 is 11.6 Å². The minimum absolute atomic E-state index is 0.107. The third kappa shape index (κ3) is 2.72. The molecule has 0 bridgehead atoms. The number of ether oxygens (including phenoxy) is 1. The van der Waals surface area contributed by atoms with Gasteiger partial charge in [0.2, 0.25) is 0 Å². The molecule has 1 aliphatic rings. The second kappa shape index (κ2) is 5.32. The van der Waals surface area contributed by atoms with Crippen LogP contribution in [0, 0.1) is 0 Å². The predicted octanol–water partition coefficient (Wildman–Crippen LogP) is 2.21. The van der Waals surface area contributed by atoms with Gasteiger partial charge in [-0.05, 0) is 24.1 Å². The van der Waals surface area contributed by atoms with E-state index >= 15 is 0 Å². The summed E-state index contributed by atoms with van der Waals surface area (Å²) < 4.78 is 43.6. The Morgan fingerprint density at radius 2 is 2.20 bits per heavy atom. The van der Waals surface area contributed by atoms with Crippen LogP contribution < -0.4 is 15.4 Å². The number of amides is 1. The van der Waals surface area contributed by atoms with Crippen LogP contribution in [0.4, 0.5) is 18.9 Å². The Hall–Kier alpha value is -1.76. The van der Waals surface area contributed by atoms with Crippen molar-refractivity contribution in [1.29, 1.82) is 0 Å². The van der Waals surface area contributed by atoms with Crippen molar-refractivity contribution in [3.05, 3.63) is 23.8 Å². The summed E-state index contributed by atoms with van der Waals surface area (Å²) in [7, 11) is 0. The van der Waals surface area contributed by atoms with Crippen LogP contribution in [0.1, 0.15) is 18.9 Å². The van der Waals surface area contributed by atoms with Crippen LogP contribution in [0.2, 0.25) is 0 Å². The number of alkyl halides is 3. The third-order valence-electron chi connectivity index (χ3n) is 3.17. The van der Waals surface area contributed by atoms with Gasteiger partial charge in [0.15, 0.2) is 0 Å². The van der Waals surface area contributed by atoms with E-state index in [4.69, 9.17) is 10.5 Å². The van der Waals surface area contributed by atoms with Crippen molar-refractivity contribution in [1.82, 2.24) is 0 Å². The lowest BCUT2D eigenvalue weighted by atomic mass is 10.1. The second-order valence-electron chi connectivity index (χ2n) is 4.57. The fraction of sp³-hybridized carbons (Fsp3) is 0.462. The largest absolute Gasteiger partial charge is 0.486 e. The van der Waals surface area contributed by atoms with Gasteiger partial charge in [-0.3, -0.25) is 9.69 Å². The van der Waals surface area contributed by atoms with Gasteiger partial charge in [0.05, 0.1) is 12.2 Å². The molecule has 1 heterocycles. The minimum Gasteiger partial charge on any atom is -0.486 e. The molecular formula is C13H15F3N2O2. The maximum atomic E-state index is 12.7. The van der Waals surface area contributed by atoms with Crippen molar-refractivity contribution < 1.29 is 22.7 Å². The van der Waals surface area contributed by atoms with E-state index in [1.165, 1.54) is 6.07 Å². The molecule has 0 aromatic heterocycles. The van der Waals surface area contributed by atoms with Crippen molar-refractivity contribution in [2.75, 3.05) is 11.4 Å². The molecule has 1 unspecified atom stereocenters. The smallest absolute Gasteiger partial charge is 0.471 e. The zero-order chi connectivity index (χ0) is 14.9. The second-order valence-corrected chi connectivity index (χ2v) is 4.57. The lowest BCUT2D eigenvalue weighted by molar-refractivity contribution is -0.170. The van der Waals surface area contributed by atoms with Crippen LogP contribution in [0.25, 0.3) is 0 Å². The maximum absolute atomic E-state index is 12.7. The van der Waals surface area contributed by atoms with Gasteiger partial charge in [0.1, 0.15) is 11.9 Å². The topological polar surface area (TPSA) is 55.6 Å². The van der Waals surface area contributed by atoms with Crippen molar-refractivity contribution in [3.8, 4) is 5.75 Å². The van der Waals surface area contributed by atoms with Gasteiger partial charge in [-0.25, -0.2) is 0 Å². The summed E-state index contributed by atoms with van der Waals surface area (Å²) >= 11 is 0. The lowest BCUT2D eigenvalue weighted by Crippen LogP contribution is -2.48. The molecule has 1 aromatic carbocycles. The molecular weight excluding hydrogens is 273 g/mol. The van der Waals surface area contributed by atoms with E-state index in [0.29, 0.717) is 6.42 Å². The Morgan fingerprint density at radius 3 is 2.75 bits per heavy atom. The van der Waals surface area contributed by atoms with E-state index < -0.39 is 18.2 Å². The number of nitrogens with two attached hydrogens (primary N) is 1. The van der Waals surface area contributed by atoms with Crippen molar-refractivity contribution in [2.24, 2.45) is 5.73 Å². The van der Waals surface area contributed by atoms with Crippen LogP contribution >= 0.6 is 0 Å². The van der Waals surface area contributed by atoms with E-state index in [1.807, 2.05) is 0 Å². The van der Waals surface area contributed by atoms with E-state index in [1.54, 1.807) is 19.1 Å². The molecule has 2 N–H and O–H groups in total. The highest BCUT2D eigenvalue weighted by Gasteiger charge is 2.45. The zero-order valence-corrected chi connectivity index (χ0v) is 10.9. The molecule has 0 radical (unpaired) electrons. The molecule has 0 aliphatic carbocycles. The molecule has 20 heavy (non-hydrogen) atoms. The van der Waals surface area contributed by atoms with E-state index in [-0.39, 0.29) is 24.5 Å². The molecule has 0 spiro atoms. The highest BCUT2D eigenvalue weighted by atomic mass is 19.4. The first-order chi connectivity index (χ1) is 9.36. The molecule has 7 heteroatoms. The van der Waals surface area contributed by atoms with Crippen LogP contribution in [-0.4, -0.2) is 24.7 Å². The first kappa shape index (κ1) is 14.6. The Morgan fingerprint density at radius 1 is 1.50 bits per heavy atom. The normalized spacial score (nSPS) is 18.4. The highest BCUT2D eigenvalue weighted by molar-refractivity contribution is 5.99. The molecule has 1 atom stereocenters. The van der Waals surface area contributed by atoms with E-state index in [0.717, 1.165) is 10.5 Å². The molecule has 1 aliphatic heterocycles. The summed E-state index contributed by atoms with van der Waals surface area (Å²) in [5.74, 6) is -1.61. The summed E-state index contributed by atoms with van der Waals surface area (Å²) in [6.45, 7) is 1.93. The zero-order valence-electron chi connectivity index (χ0n) is 10.9. The van der Waals surface area contributed by atoms with Crippen LogP contribution in [-0.2, 0) is 11.3 Å². The lowest BCUT2D eigenvalue weighted by Gasteiger charge is -2.35. The van der Waals surface area contributed by atoms with Crippen LogP contribution in [0.15, 0.2) is 18.2 Å². The molecule has 4 nitrogen and oxygen atoms in total. The number of benzene rings is 1. The number of carbonyl (C=O) groups is 1. The first-order valence-electron chi connectivity index (χ1n) is 6.25. The number of rotatable bonds is 2. The van der Waals surface area contributed by atoms with Gasteiger partial charge in [-0.2, -0.15) is 13.2 Å². The third-order valence-corrected chi connectivity index (χ3v) is 3.17. The standard InChI is InChI=1S/C13H15F3N2O2/c1-2-9-7-18(12(19)13(14,15)16)10-4-3-8(6-17)5-11(10)20-9/h3-5,9H,2,6-7,17H2,1H3. The summed E-state index contributed by atoms with van der Waals surface area (Å²) in [5.41, 5.74) is 6.37. The maximum Gasteiger partial charge on any atom is 0.471 e. The summed E-state index contributed by atoms with van der Waals surface area (Å²) in [6.07, 6.45) is -4.85. The Balaban J connectivity index is 2.42. The summed E-state index contributed by atoms with van der Waals surface area (Å²) in [4.78, 5) is 12.2. The molecule has 110 valence electrons. The van der Waals surface area contributed by atoms with Crippen molar-refractivity contribution in [2.45, 2.75) is 32.2 Å². The molecule has 2 rings (SSSR count). The monoisotopic (exact) mass is 288 g/mol. The molecule has 0 fully saturated rings. The van der Waals surface area contributed by atoms with Crippen molar-refractivity contribution in [3.63, 3.8) is 0 Å².